The smallest absolute Gasteiger partial charge is 0.0366 e. The van der Waals surface area contributed by atoms with E-state index in [1.165, 1.54) is 69.4 Å². The van der Waals surface area contributed by atoms with Gasteiger partial charge in [-0.15, -0.1) is 0 Å². The van der Waals surface area contributed by atoms with E-state index >= 15 is 0 Å². The predicted molar refractivity (Wildman–Crippen MR) is 90.7 cm³/mol. The van der Waals surface area contributed by atoms with E-state index in [1.807, 2.05) is 0 Å². The van der Waals surface area contributed by atoms with E-state index in [0.29, 0.717) is 0 Å². The standard InChI is InChI=1S/C19H30N2/c1-16-5-6-18(13-16)15-20-14-17-7-9-19(10-8-17)21-11-3-2-4-12-21/h7-10,16,18,20H,2-6,11-15H2,1H3. The summed E-state index contributed by atoms with van der Waals surface area (Å²) < 4.78 is 0. The molecule has 1 aromatic rings. The predicted octanol–water partition coefficient (Wildman–Crippen LogP) is 4.20. The van der Waals surface area contributed by atoms with E-state index in [4.69, 9.17) is 0 Å². The van der Waals surface area contributed by atoms with Crippen molar-refractivity contribution in [1.82, 2.24) is 5.32 Å². The Hall–Kier alpha value is -1.02. The number of anilines is 1. The average molecular weight is 286 g/mol. The highest BCUT2D eigenvalue weighted by Crippen LogP contribution is 2.29. The summed E-state index contributed by atoms with van der Waals surface area (Å²) in [4.78, 5) is 2.53. The van der Waals surface area contributed by atoms with Gasteiger partial charge in [-0.3, -0.25) is 0 Å². The number of nitrogens with zero attached hydrogens (tertiary/aromatic N) is 1. The van der Waals surface area contributed by atoms with Gasteiger partial charge in [0.05, 0.1) is 0 Å². The molecule has 116 valence electrons. The lowest BCUT2D eigenvalue weighted by Crippen LogP contribution is -2.29. The van der Waals surface area contributed by atoms with Gasteiger partial charge in [0.25, 0.3) is 0 Å². The lowest BCUT2D eigenvalue weighted by Gasteiger charge is -2.28. The first-order valence-corrected chi connectivity index (χ1v) is 8.86. The summed E-state index contributed by atoms with van der Waals surface area (Å²) in [7, 11) is 0. The van der Waals surface area contributed by atoms with Crippen LogP contribution in [0.1, 0.15) is 51.0 Å². The van der Waals surface area contributed by atoms with Crippen molar-refractivity contribution in [2.24, 2.45) is 11.8 Å². The maximum absolute atomic E-state index is 3.65. The molecule has 1 aliphatic carbocycles. The van der Waals surface area contributed by atoms with E-state index in [0.717, 1.165) is 18.4 Å². The molecule has 1 heterocycles. The third-order valence-electron chi connectivity index (χ3n) is 5.22. The quantitative estimate of drug-likeness (QED) is 0.872. The maximum Gasteiger partial charge on any atom is 0.0366 e. The van der Waals surface area contributed by atoms with E-state index in [1.54, 1.807) is 0 Å². The number of hydrogen-bond acceptors (Lipinski definition) is 2. The molecule has 1 saturated carbocycles. The largest absolute Gasteiger partial charge is 0.372 e. The Morgan fingerprint density at radius 1 is 1.05 bits per heavy atom. The molecule has 0 radical (unpaired) electrons. The van der Waals surface area contributed by atoms with Gasteiger partial charge in [-0.05, 0) is 68.2 Å². The first kappa shape index (κ1) is 14.9. The van der Waals surface area contributed by atoms with Crippen molar-refractivity contribution < 1.29 is 0 Å². The second-order valence-electron chi connectivity index (χ2n) is 7.13. The van der Waals surface area contributed by atoms with E-state index < -0.39 is 0 Å². The van der Waals surface area contributed by atoms with Crippen LogP contribution >= 0.6 is 0 Å². The number of hydrogen-bond donors (Lipinski definition) is 1. The average Bonchev–Trinajstić information content (AvgIpc) is 2.94. The molecule has 1 N–H and O–H groups in total. The number of piperidine rings is 1. The van der Waals surface area contributed by atoms with E-state index in [-0.39, 0.29) is 0 Å². The third kappa shape index (κ3) is 4.23. The molecule has 21 heavy (non-hydrogen) atoms. The zero-order chi connectivity index (χ0) is 14.5. The number of rotatable bonds is 5. The second kappa shape index (κ2) is 7.31. The molecule has 2 nitrogen and oxygen atoms in total. The molecule has 0 bridgehead atoms. The zero-order valence-corrected chi connectivity index (χ0v) is 13.5. The van der Waals surface area contributed by atoms with Crippen LogP contribution in [0.3, 0.4) is 0 Å². The summed E-state index contributed by atoms with van der Waals surface area (Å²) >= 11 is 0. The normalized spacial score (nSPS) is 26.2. The van der Waals surface area contributed by atoms with Crippen molar-refractivity contribution in [3.8, 4) is 0 Å². The SMILES string of the molecule is CC1CCC(CNCc2ccc(N3CCCCC3)cc2)C1. The minimum atomic E-state index is 0.910. The zero-order valence-electron chi connectivity index (χ0n) is 13.5. The summed E-state index contributed by atoms with van der Waals surface area (Å²) in [5, 5.41) is 3.65. The molecule has 2 unspecified atom stereocenters. The summed E-state index contributed by atoms with van der Waals surface area (Å²) in [6.07, 6.45) is 8.37. The van der Waals surface area contributed by atoms with Gasteiger partial charge in [0, 0.05) is 25.3 Å². The molecule has 2 fully saturated rings. The Kier molecular flexibility index (Phi) is 5.18. The van der Waals surface area contributed by atoms with Gasteiger partial charge < -0.3 is 10.2 Å². The van der Waals surface area contributed by atoms with E-state index in [2.05, 4.69) is 41.4 Å². The molecule has 0 spiro atoms. The van der Waals surface area contributed by atoms with Crippen molar-refractivity contribution in [3.63, 3.8) is 0 Å². The van der Waals surface area contributed by atoms with Crippen molar-refractivity contribution in [2.45, 2.75) is 52.0 Å². The number of benzene rings is 1. The van der Waals surface area contributed by atoms with Crippen molar-refractivity contribution >= 4 is 5.69 Å². The van der Waals surface area contributed by atoms with Crippen molar-refractivity contribution in [3.05, 3.63) is 29.8 Å². The van der Waals surface area contributed by atoms with Gasteiger partial charge in [0.1, 0.15) is 0 Å². The van der Waals surface area contributed by atoms with Gasteiger partial charge in [-0.2, -0.15) is 0 Å². The molecule has 1 aromatic carbocycles. The van der Waals surface area contributed by atoms with Crippen molar-refractivity contribution in [1.29, 1.82) is 0 Å². The third-order valence-corrected chi connectivity index (χ3v) is 5.22. The van der Waals surface area contributed by atoms with Crippen LogP contribution in [0.2, 0.25) is 0 Å². The molecule has 1 saturated heterocycles. The van der Waals surface area contributed by atoms with Gasteiger partial charge >= 0.3 is 0 Å². The molecule has 0 amide bonds. The van der Waals surface area contributed by atoms with Gasteiger partial charge in [-0.1, -0.05) is 25.5 Å². The summed E-state index contributed by atoms with van der Waals surface area (Å²) in [5.41, 5.74) is 2.82. The summed E-state index contributed by atoms with van der Waals surface area (Å²) in [5.74, 6) is 1.85. The van der Waals surface area contributed by atoms with Crippen LogP contribution in [0.25, 0.3) is 0 Å². The molecule has 2 atom stereocenters. The van der Waals surface area contributed by atoms with Gasteiger partial charge in [0.15, 0.2) is 0 Å². The first-order valence-electron chi connectivity index (χ1n) is 8.86. The highest BCUT2D eigenvalue weighted by molar-refractivity contribution is 5.47. The number of nitrogens with one attached hydrogen (secondary N) is 1. The molecule has 2 heteroatoms. The molecule has 3 rings (SSSR count). The molecule has 2 aliphatic rings. The van der Waals surface area contributed by atoms with Crippen LogP contribution in [0.15, 0.2) is 24.3 Å². The fourth-order valence-electron chi connectivity index (χ4n) is 3.91. The highest BCUT2D eigenvalue weighted by atomic mass is 15.1. The Balaban J connectivity index is 1.43. The topological polar surface area (TPSA) is 15.3 Å². The van der Waals surface area contributed by atoms with Crippen LogP contribution < -0.4 is 10.2 Å². The minimum absolute atomic E-state index is 0.910. The van der Waals surface area contributed by atoms with Gasteiger partial charge in [0.2, 0.25) is 0 Å². The molecular formula is C19H30N2. The second-order valence-corrected chi connectivity index (χ2v) is 7.13. The van der Waals surface area contributed by atoms with Crippen LogP contribution in [0, 0.1) is 11.8 Å². The molecule has 1 aliphatic heterocycles. The minimum Gasteiger partial charge on any atom is -0.372 e. The summed E-state index contributed by atoms with van der Waals surface area (Å²) in [6.45, 7) is 7.07. The Morgan fingerprint density at radius 3 is 2.48 bits per heavy atom. The van der Waals surface area contributed by atoms with Crippen LogP contribution in [0.5, 0.6) is 0 Å². The van der Waals surface area contributed by atoms with E-state index in [9.17, 15) is 0 Å². The Labute approximate surface area is 129 Å². The van der Waals surface area contributed by atoms with Crippen molar-refractivity contribution in [2.75, 3.05) is 24.5 Å². The highest BCUT2D eigenvalue weighted by Gasteiger charge is 2.20. The first-order chi connectivity index (χ1) is 10.3. The maximum atomic E-state index is 3.65. The lowest BCUT2D eigenvalue weighted by molar-refractivity contribution is 0.470. The van der Waals surface area contributed by atoms with Gasteiger partial charge in [-0.25, -0.2) is 0 Å². The molecule has 0 aromatic heterocycles. The fraction of sp³-hybridized carbons (Fsp3) is 0.684. The Morgan fingerprint density at radius 2 is 1.81 bits per heavy atom. The van der Waals surface area contributed by atoms with Crippen LogP contribution in [-0.2, 0) is 6.54 Å². The summed E-state index contributed by atoms with van der Waals surface area (Å²) in [6, 6.07) is 9.21. The fourth-order valence-corrected chi connectivity index (χ4v) is 3.91. The monoisotopic (exact) mass is 286 g/mol. The van der Waals surface area contributed by atoms with Crippen LogP contribution in [0.4, 0.5) is 5.69 Å². The molecular weight excluding hydrogens is 256 g/mol. The van der Waals surface area contributed by atoms with Crippen LogP contribution in [-0.4, -0.2) is 19.6 Å². The Bertz CT molecular complexity index is 420. The lowest BCUT2D eigenvalue weighted by atomic mass is 10.1.